The molecule has 4 nitrogen and oxygen atoms in total. The number of hydrogen-bond donors (Lipinski definition) is 2. The molecule has 2 aromatic heterocycles. The molecule has 0 unspecified atom stereocenters. The van der Waals surface area contributed by atoms with E-state index < -0.39 is 0 Å². The molecule has 0 fully saturated rings. The molecule has 0 aliphatic heterocycles. The molecule has 0 bridgehead atoms. The van der Waals surface area contributed by atoms with Gasteiger partial charge in [-0.05, 0) is 12.1 Å². The Hall–Kier alpha value is -2.04. The fourth-order valence-corrected chi connectivity index (χ4v) is 2.13. The standard InChI is InChI=1S/C14H12N2O2/c17-7-11-6-10-4-3-9-2-1-5-15-13(9)14(10)16-12(11)8-18/h1-6,17-18H,7-8H2. The fraction of sp³-hybridized carbons (Fsp3) is 0.143. The van der Waals surface area contributed by atoms with Crippen LogP contribution in [0.15, 0.2) is 36.5 Å². The van der Waals surface area contributed by atoms with Gasteiger partial charge in [-0.2, -0.15) is 0 Å². The van der Waals surface area contributed by atoms with Crippen LogP contribution in [-0.4, -0.2) is 20.2 Å². The number of rotatable bonds is 2. The first-order chi connectivity index (χ1) is 8.83. The van der Waals surface area contributed by atoms with Crippen molar-refractivity contribution < 1.29 is 10.2 Å². The molecule has 0 saturated heterocycles. The molecule has 90 valence electrons. The van der Waals surface area contributed by atoms with Gasteiger partial charge in [0.1, 0.15) is 0 Å². The van der Waals surface area contributed by atoms with Crippen LogP contribution in [0.3, 0.4) is 0 Å². The molecule has 4 heteroatoms. The predicted octanol–water partition coefficient (Wildman–Crippen LogP) is 1.77. The Morgan fingerprint density at radius 1 is 0.944 bits per heavy atom. The first-order valence-electron chi connectivity index (χ1n) is 5.71. The molecule has 0 aliphatic rings. The van der Waals surface area contributed by atoms with Gasteiger partial charge in [-0.15, -0.1) is 0 Å². The highest BCUT2D eigenvalue weighted by Crippen LogP contribution is 2.24. The number of pyridine rings is 2. The number of aliphatic hydroxyl groups excluding tert-OH is 2. The summed E-state index contributed by atoms with van der Waals surface area (Å²) in [5.41, 5.74) is 2.73. The van der Waals surface area contributed by atoms with Gasteiger partial charge in [0.2, 0.25) is 0 Å². The molecule has 0 amide bonds. The Balaban J connectivity index is 2.43. The Kier molecular flexibility index (Phi) is 2.66. The van der Waals surface area contributed by atoms with Gasteiger partial charge in [0.25, 0.3) is 0 Å². The van der Waals surface area contributed by atoms with Crippen molar-refractivity contribution in [2.45, 2.75) is 13.2 Å². The minimum absolute atomic E-state index is 0.126. The highest BCUT2D eigenvalue weighted by molar-refractivity contribution is 6.02. The second-order valence-corrected chi connectivity index (χ2v) is 4.12. The summed E-state index contributed by atoms with van der Waals surface area (Å²) in [6, 6.07) is 9.63. The first-order valence-corrected chi connectivity index (χ1v) is 5.71. The lowest BCUT2D eigenvalue weighted by molar-refractivity contribution is 0.256. The molecule has 2 heterocycles. The van der Waals surface area contributed by atoms with Gasteiger partial charge in [0.05, 0.1) is 29.9 Å². The number of hydrogen-bond acceptors (Lipinski definition) is 4. The molecule has 18 heavy (non-hydrogen) atoms. The summed E-state index contributed by atoms with van der Waals surface area (Å²) in [6.07, 6.45) is 1.72. The lowest BCUT2D eigenvalue weighted by Crippen LogP contribution is -1.99. The van der Waals surface area contributed by atoms with Crippen LogP contribution in [0.4, 0.5) is 0 Å². The summed E-state index contributed by atoms with van der Waals surface area (Å²) < 4.78 is 0. The third-order valence-corrected chi connectivity index (χ3v) is 3.05. The molecule has 3 aromatic rings. The van der Waals surface area contributed by atoms with Crippen LogP contribution < -0.4 is 0 Å². The van der Waals surface area contributed by atoms with Crippen LogP contribution >= 0.6 is 0 Å². The van der Waals surface area contributed by atoms with Gasteiger partial charge in [0.15, 0.2) is 0 Å². The van der Waals surface area contributed by atoms with Crippen LogP contribution in [0.5, 0.6) is 0 Å². The number of fused-ring (bicyclic) bond motifs is 3. The van der Waals surface area contributed by atoms with Gasteiger partial charge in [-0.1, -0.05) is 18.2 Å². The lowest BCUT2D eigenvalue weighted by atomic mass is 10.1. The molecule has 0 saturated carbocycles. The molecular weight excluding hydrogens is 228 g/mol. The van der Waals surface area contributed by atoms with E-state index in [1.54, 1.807) is 6.20 Å². The number of aromatic nitrogens is 2. The van der Waals surface area contributed by atoms with Crippen molar-refractivity contribution in [1.29, 1.82) is 0 Å². The summed E-state index contributed by atoms with van der Waals surface area (Å²) in [5, 5.41) is 20.5. The van der Waals surface area contributed by atoms with Crippen molar-refractivity contribution in [1.82, 2.24) is 9.97 Å². The quantitative estimate of drug-likeness (QED) is 0.670. The second-order valence-electron chi connectivity index (χ2n) is 4.12. The van der Waals surface area contributed by atoms with E-state index in [1.165, 1.54) is 0 Å². The molecule has 0 radical (unpaired) electrons. The van der Waals surface area contributed by atoms with Crippen molar-refractivity contribution >= 4 is 21.8 Å². The zero-order chi connectivity index (χ0) is 12.5. The zero-order valence-corrected chi connectivity index (χ0v) is 9.67. The molecule has 1 aromatic carbocycles. The monoisotopic (exact) mass is 240 g/mol. The summed E-state index contributed by atoms with van der Waals surface area (Å²) in [5.74, 6) is 0. The summed E-state index contributed by atoms with van der Waals surface area (Å²) >= 11 is 0. The maximum absolute atomic E-state index is 9.29. The van der Waals surface area contributed by atoms with E-state index in [1.807, 2.05) is 30.3 Å². The van der Waals surface area contributed by atoms with E-state index in [2.05, 4.69) is 9.97 Å². The molecule has 3 rings (SSSR count). The maximum Gasteiger partial charge on any atom is 0.0969 e. The third-order valence-electron chi connectivity index (χ3n) is 3.05. The molecule has 0 atom stereocenters. The van der Waals surface area contributed by atoms with Gasteiger partial charge in [0, 0.05) is 22.5 Å². The number of aliphatic hydroxyl groups is 2. The molecule has 0 aliphatic carbocycles. The van der Waals surface area contributed by atoms with Gasteiger partial charge >= 0.3 is 0 Å². The Morgan fingerprint density at radius 2 is 1.78 bits per heavy atom. The van der Waals surface area contributed by atoms with Crippen LogP contribution in [0, 0.1) is 0 Å². The summed E-state index contributed by atoms with van der Waals surface area (Å²) in [6.45, 7) is -0.311. The van der Waals surface area contributed by atoms with E-state index in [4.69, 9.17) is 0 Å². The van der Waals surface area contributed by atoms with Crippen molar-refractivity contribution in [3.63, 3.8) is 0 Å². The predicted molar refractivity (Wildman–Crippen MR) is 68.9 cm³/mol. The Bertz CT molecular complexity index is 725. The average molecular weight is 240 g/mol. The maximum atomic E-state index is 9.29. The third kappa shape index (κ3) is 1.63. The van der Waals surface area contributed by atoms with E-state index in [-0.39, 0.29) is 13.2 Å². The van der Waals surface area contributed by atoms with E-state index in [0.29, 0.717) is 11.3 Å². The summed E-state index contributed by atoms with van der Waals surface area (Å²) in [4.78, 5) is 8.75. The van der Waals surface area contributed by atoms with Crippen molar-refractivity contribution in [2.75, 3.05) is 0 Å². The van der Waals surface area contributed by atoms with Crippen molar-refractivity contribution in [2.24, 2.45) is 0 Å². The van der Waals surface area contributed by atoms with Gasteiger partial charge in [-0.25, -0.2) is 4.98 Å². The van der Waals surface area contributed by atoms with Crippen molar-refractivity contribution in [3.8, 4) is 0 Å². The number of nitrogens with zero attached hydrogens (tertiary/aromatic N) is 2. The topological polar surface area (TPSA) is 66.2 Å². The van der Waals surface area contributed by atoms with Gasteiger partial charge < -0.3 is 10.2 Å². The largest absolute Gasteiger partial charge is 0.392 e. The fourth-order valence-electron chi connectivity index (χ4n) is 2.13. The lowest BCUT2D eigenvalue weighted by Gasteiger charge is -2.08. The highest BCUT2D eigenvalue weighted by atomic mass is 16.3. The SMILES string of the molecule is OCc1cc2ccc3cccnc3c2nc1CO. The van der Waals surface area contributed by atoms with E-state index in [0.717, 1.165) is 21.8 Å². The normalized spacial score (nSPS) is 11.2. The van der Waals surface area contributed by atoms with E-state index in [9.17, 15) is 10.2 Å². The number of benzene rings is 1. The molecule has 2 N–H and O–H groups in total. The van der Waals surface area contributed by atoms with E-state index >= 15 is 0 Å². The van der Waals surface area contributed by atoms with Gasteiger partial charge in [-0.3, -0.25) is 4.98 Å². The molecule has 0 spiro atoms. The zero-order valence-electron chi connectivity index (χ0n) is 9.67. The average Bonchev–Trinajstić information content (AvgIpc) is 2.45. The molecular formula is C14H12N2O2. The minimum Gasteiger partial charge on any atom is -0.392 e. The van der Waals surface area contributed by atoms with Crippen LogP contribution in [-0.2, 0) is 13.2 Å². The first kappa shape index (κ1) is 11.1. The smallest absolute Gasteiger partial charge is 0.0969 e. The Labute approximate surface area is 104 Å². The van der Waals surface area contributed by atoms with Crippen LogP contribution in [0.2, 0.25) is 0 Å². The van der Waals surface area contributed by atoms with Crippen molar-refractivity contribution in [3.05, 3.63) is 47.8 Å². The summed E-state index contributed by atoms with van der Waals surface area (Å²) in [7, 11) is 0. The highest BCUT2D eigenvalue weighted by Gasteiger charge is 2.08. The minimum atomic E-state index is -0.185. The van der Waals surface area contributed by atoms with Crippen LogP contribution in [0.1, 0.15) is 11.3 Å². The Morgan fingerprint density at radius 3 is 2.56 bits per heavy atom. The second kappa shape index (κ2) is 4.33. The van der Waals surface area contributed by atoms with Crippen LogP contribution in [0.25, 0.3) is 21.8 Å².